The summed E-state index contributed by atoms with van der Waals surface area (Å²) >= 11 is 0. The molecule has 1 fully saturated rings. The number of nitrogens with one attached hydrogen (secondary N) is 1. The number of likely N-dealkylation sites (tertiary alicyclic amines) is 1. The molecule has 22 heavy (non-hydrogen) atoms. The molecule has 1 saturated heterocycles. The van der Waals surface area contributed by atoms with E-state index in [1.165, 1.54) is 11.4 Å². The smallest absolute Gasteiger partial charge is 0.135 e. The van der Waals surface area contributed by atoms with E-state index in [-0.39, 0.29) is 0 Å². The van der Waals surface area contributed by atoms with Gasteiger partial charge in [-0.15, -0.1) is 10.2 Å². The first kappa shape index (κ1) is 13.9. The molecule has 118 valence electrons. The highest BCUT2D eigenvalue weighted by Gasteiger charge is 2.24. The number of fused-ring (bicyclic) bond motifs is 1. The van der Waals surface area contributed by atoms with Gasteiger partial charge < -0.3 is 9.88 Å². The molecule has 0 aromatic carbocycles. The molecule has 7 nitrogen and oxygen atoms in total. The molecule has 2 aliphatic rings. The Bertz CT molecular complexity index is 613. The van der Waals surface area contributed by atoms with Gasteiger partial charge in [0.25, 0.3) is 0 Å². The van der Waals surface area contributed by atoms with Crippen molar-refractivity contribution in [3.05, 3.63) is 29.6 Å². The molecule has 4 heterocycles. The van der Waals surface area contributed by atoms with Crippen molar-refractivity contribution in [2.45, 2.75) is 38.4 Å². The van der Waals surface area contributed by atoms with Crippen molar-refractivity contribution in [2.75, 3.05) is 19.6 Å². The average Bonchev–Trinajstić information content (AvgIpc) is 3.13. The molecule has 2 aromatic heterocycles. The van der Waals surface area contributed by atoms with Crippen LogP contribution in [0.3, 0.4) is 0 Å². The molecule has 7 heteroatoms. The van der Waals surface area contributed by atoms with Gasteiger partial charge >= 0.3 is 0 Å². The molecule has 4 rings (SSSR count). The van der Waals surface area contributed by atoms with E-state index in [1.807, 2.05) is 7.05 Å². The Morgan fingerprint density at radius 2 is 2.14 bits per heavy atom. The molecule has 2 aromatic rings. The van der Waals surface area contributed by atoms with Crippen LogP contribution >= 0.6 is 0 Å². The SMILES string of the molecule is Cn1cnnc1C1CCN(Cc2cc3n(n2)CCNC3)CC1. The van der Waals surface area contributed by atoms with Crippen LogP contribution in [0, 0.1) is 0 Å². The van der Waals surface area contributed by atoms with E-state index < -0.39 is 0 Å². The van der Waals surface area contributed by atoms with Crippen molar-refractivity contribution in [1.29, 1.82) is 0 Å². The molecule has 0 amide bonds. The highest BCUT2D eigenvalue weighted by Crippen LogP contribution is 2.26. The van der Waals surface area contributed by atoms with Gasteiger partial charge in [0.2, 0.25) is 0 Å². The lowest BCUT2D eigenvalue weighted by molar-refractivity contribution is 0.198. The Labute approximate surface area is 130 Å². The van der Waals surface area contributed by atoms with E-state index in [1.54, 1.807) is 6.33 Å². The standard InChI is InChI=1S/C15H23N7/c1-20-11-17-18-15(20)12-2-5-21(6-3-12)10-13-8-14-9-16-4-7-22(14)19-13/h8,11-12,16H,2-7,9-10H2,1H3. The molecule has 0 aliphatic carbocycles. The lowest BCUT2D eigenvalue weighted by atomic mass is 9.96. The lowest BCUT2D eigenvalue weighted by Gasteiger charge is -2.30. The summed E-state index contributed by atoms with van der Waals surface area (Å²) < 4.78 is 4.20. The maximum absolute atomic E-state index is 4.74. The minimum Gasteiger partial charge on any atom is -0.320 e. The summed E-state index contributed by atoms with van der Waals surface area (Å²) in [5.41, 5.74) is 2.52. The lowest BCUT2D eigenvalue weighted by Crippen LogP contribution is -2.33. The summed E-state index contributed by atoms with van der Waals surface area (Å²) in [6, 6.07) is 2.25. The third kappa shape index (κ3) is 2.66. The van der Waals surface area contributed by atoms with Crippen LogP contribution in [0.5, 0.6) is 0 Å². The van der Waals surface area contributed by atoms with E-state index >= 15 is 0 Å². The van der Waals surface area contributed by atoms with Crippen molar-refractivity contribution in [3.8, 4) is 0 Å². The Morgan fingerprint density at radius 3 is 2.86 bits per heavy atom. The Morgan fingerprint density at radius 1 is 1.27 bits per heavy atom. The van der Waals surface area contributed by atoms with Gasteiger partial charge in [-0.05, 0) is 32.0 Å². The zero-order chi connectivity index (χ0) is 14.9. The van der Waals surface area contributed by atoms with Gasteiger partial charge in [0.15, 0.2) is 0 Å². The highest BCUT2D eigenvalue weighted by atomic mass is 15.3. The van der Waals surface area contributed by atoms with Crippen molar-refractivity contribution in [3.63, 3.8) is 0 Å². The second-order valence-electron chi connectivity index (χ2n) is 6.38. The first-order chi connectivity index (χ1) is 10.8. The van der Waals surface area contributed by atoms with E-state index in [2.05, 4.69) is 35.7 Å². The molecule has 0 saturated carbocycles. The highest BCUT2D eigenvalue weighted by molar-refractivity contribution is 5.12. The van der Waals surface area contributed by atoms with Crippen LogP contribution in [-0.2, 0) is 26.7 Å². The molecular formula is C15H23N7. The summed E-state index contributed by atoms with van der Waals surface area (Å²) in [6.45, 7) is 6.14. The van der Waals surface area contributed by atoms with Crippen molar-refractivity contribution in [2.24, 2.45) is 7.05 Å². The van der Waals surface area contributed by atoms with Crippen LogP contribution in [0.15, 0.2) is 12.4 Å². The van der Waals surface area contributed by atoms with E-state index in [0.29, 0.717) is 5.92 Å². The molecule has 0 spiro atoms. The van der Waals surface area contributed by atoms with Gasteiger partial charge in [-0.25, -0.2) is 0 Å². The molecule has 1 N–H and O–H groups in total. The summed E-state index contributed by atoms with van der Waals surface area (Å²) in [7, 11) is 2.03. The van der Waals surface area contributed by atoms with Gasteiger partial charge in [0.1, 0.15) is 12.2 Å². The second kappa shape index (κ2) is 5.81. The Hall–Kier alpha value is -1.73. The van der Waals surface area contributed by atoms with Crippen molar-refractivity contribution >= 4 is 0 Å². The second-order valence-corrected chi connectivity index (χ2v) is 6.38. The van der Waals surface area contributed by atoms with E-state index in [4.69, 9.17) is 5.10 Å². The van der Waals surface area contributed by atoms with E-state index in [0.717, 1.165) is 57.9 Å². The predicted octanol–water partition coefficient (Wildman–Crippen LogP) is 0.494. The van der Waals surface area contributed by atoms with Crippen LogP contribution in [-0.4, -0.2) is 49.1 Å². The number of nitrogens with zero attached hydrogens (tertiary/aromatic N) is 6. The number of piperidine rings is 1. The summed E-state index contributed by atoms with van der Waals surface area (Å²) in [5, 5.41) is 16.4. The predicted molar refractivity (Wildman–Crippen MR) is 82.2 cm³/mol. The van der Waals surface area contributed by atoms with Crippen LogP contribution in [0.25, 0.3) is 0 Å². The average molecular weight is 301 g/mol. The fraction of sp³-hybridized carbons (Fsp3) is 0.667. The molecule has 0 radical (unpaired) electrons. The minimum absolute atomic E-state index is 0.545. The van der Waals surface area contributed by atoms with Gasteiger partial charge in [0, 0.05) is 32.6 Å². The number of aryl methyl sites for hydroxylation is 1. The quantitative estimate of drug-likeness (QED) is 0.894. The van der Waals surface area contributed by atoms with Crippen LogP contribution in [0.2, 0.25) is 0 Å². The number of hydrogen-bond donors (Lipinski definition) is 1. The van der Waals surface area contributed by atoms with Crippen LogP contribution < -0.4 is 5.32 Å². The monoisotopic (exact) mass is 301 g/mol. The molecular weight excluding hydrogens is 278 g/mol. The fourth-order valence-corrected chi connectivity index (χ4v) is 3.57. The van der Waals surface area contributed by atoms with Gasteiger partial charge in [0.05, 0.1) is 17.9 Å². The molecule has 2 aliphatic heterocycles. The number of hydrogen-bond acceptors (Lipinski definition) is 5. The maximum Gasteiger partial charge on any atom is 0.135 e. The third-order valence-corrected chi connectivity index (χ3v) is 4.81. The summed E-state index contributed by atoms with van der Waals surface area (Å²) in [4.78, 5) is 2.51. The number of rotatable bonds is 3. The first-order valence-corrected chi connectivity index (χ1v) is 8.12. The maximum atomic E-state index is 4.74. The topological polar surface area (TPSA) is 63.8 Å². The largest absolute Gasteiger partial charge is 0.320 e. The normalized spacial score (nSPS) is 20.2. The molecule has 0 unspecified atom stereocenters. The van der Waals surface area contributed by atoms with Crippen LogP contribution in [0.4, 0.5) is 0 Å². The zero-order valence-electron chi connectivity index (χ0n) is 13.1. The third-order valence-electron chi connectivity index (χ3n) is 4.81. The first-order valence-electron chi connectivity index (χ1n) is 8.12. The zero-order valence-corrected chi connectivity index (χ0v) is 13.1. The number of aromatic nitrogens is 5. The van der Waals surface area contributed by atoms with E-state index in [9.17, 15) is 0 Å². The fourth-order valence-electron chi connectivity index (χ4n) is 3.57. The summed E-state index contributed by atoms with van der Waals surface area (Å²) in [5.74, 6) is 1.67. The van der Waals surface area contributed by atoms with Gasteiger partial charge in [-0.1, -0.05) is 0 Å². The Kier molecular flexibility index (Phi) is 3.67. The molecule has 0 bridgehead atoms. The van der Waals surface area contributed by atoms with Crippen molar-refractivity contribution in [1.82, 2.24) is 34.8 Å². The minimum atomic E-state index is 0.545. The van der Waals surface area contributed by atoms with Crippen molar-refractivity contribution < 1.29 is 0 Å². The van der Waals surface area contributed by atoms with Gasteiger partial charge in [-0.2, -0.15) is 5.10 Å². The van der Waals surface area contributed by atoms with Crippen LogP contribution in [0.1, 0.15) is 36.0 Å². The summed E-state index contributed by atoms with van der Waals surface area (Å²) in [6.07, 6.45) is 4.11. The molecule has 0 atom stereocenters. The van der Waals surface area contributed by atoms with Gasteiger partial charge in [-0.3, -0.25) is 9.58 Å². The Balaban J connectivity index is 1.36.